The van der Waals surface area contributed by atoms with Gasteiger partial charge in [-0.2, -0.15) is 0 Å². The summed E-state index contributed by atoms with van der Waals surface area (Å²) in [6.45, 7) is 11.4. The third-order valence-electron chi connectivity index (χ3n) is 13.4. The molecule has 0 aliphatic heterocycles. The highest BCUT2D eigenvalue weighted by Crippen LogP contribution is 2.19. The molecule has 0 amide bonds. The lowest BCUT2D eigenvalue weighted by atomic mass is 9.99. The molecule has 368 valence electrons. The Bertz CT molecular complexity index is 951. The lowest BCUT2D eigenvalue weighted by molar-refractivity contribution is -0.167. The smallest absolute Gasteiger partial charge is 0.306 e. The molecule has 6 heteroatoms. The van der Waals surface area contributed by atoms with Crippen LogP contribution in [0.4, 0.5) is 0 Å². The summed E-state index contributed by atoms with van der Waals surface area (Å²) in [6.07, 6.45) is 50.9. The van der Waals surface area contributed by atoms with Gasteiger partial charge in [-0.3, -0.25) is 14.4 Å². The van der Waals surface area contributed by atoms with Crippen molar-refractivity contribution in [2.24, 2.45) is 11.8 Å². The summed E-state index contributed by atoms with van der Waals surface area (Å²) in [6, 6.07) is 0. The van der Waals surface area contributed by atoms with Crippen molar-refractivity contribution in [2.45, 2.75) is 317 Å². The van der Waals surface area contributed by atoms with E-state index in [2.05, 4.69) is 34.6 Å². The Balaban J connectivity index is 4.24. The van der Waals surface area contributed by atoms with E-state index in [1.165, 1.54) is 199 Å². The van der Waals surface area contributed by atoms with Crippen molar-refractivity contribution in [2.75, 3.05) is 13.2 Å². The van der Waals surface area contributed by atoms with E-state index in [-0.39, 0.29) is 31.1 Å². The number of esters is 3. The lowest BCUT2D eigenvalue weighted by Crippen LogP contribution is -2.30. The van der Waals surface area contributed by atoms with Gasteiger partial charge in [0.05, 0.1) is 0 Å². The molecule has 0 aliphatic carbocycles. The molecule has 6 nitrogen and oxygen atoms in total. The minimum absolute atomic E-state index is 0.0641. The number of rotatable bonds is 50. The van der Waals surface area contributed by atoms with Crippen LogP contribution >= 0.6 is 0 Å². The molecule has 0 radical (unpaired) electrons. The second kappa shape index (κ2) is 48.9. The van der Waals surface area contributed by atoms with Gasteiger partial charge >= 0.3 is 17.9 Å². The second-order valence-corrected chi connectivity index (χ2v) is 19.7. The molecule has 0 rings (SSSR count). The van der Waals surface area contributed by atoms with E-state index in [1.807, 2.05) is 0 Å². The first-order chi connectivity index (χ1) is 30.3. The number of hydrogen-bond acceptors (Lipinski definition) is 6. The molecule has 0 aromatic carbocycles. The zero-order valence-electron chi connectivity index (χ0n) is 42.5. The summed E-state index contributed by atoms with van der Waals surface area (Å²) < 4.78 is 16.8. The van der Waals surface area contributed by atoms with Crippen molar-refractivity contribution in [1.29, 1.82) is 0 Å². The SMILES string of the molecule is CCCCCCCCCCCCCCCCCCC(=O)OC[C@H](COC(=O)CCCCCCCCCCCCCCCCC(C)CC)OC(=O)CCCCCCCCC(C)CC. The molecule has 0 bridgehead atoms. The molecule has 3 atom stereocenters. The number of carbonyl (C=O) groups excluding carboxylic acids is 3. The van der Waals surface area contributed by atoms with Gasteiger partial charge in [0.25, 0.3) is 0 Å². The molecule has 0 aromatic rings. The summed E-state index contributed by atoms with van der Waals surface area (Å²) in [5, 5.41) is 0. The topological polar surface area (TPSA) is 78.9 Å². The fourth-order valence-electron chi connectivity index (χ4n) is 8.46. The molecule has 0 fully saturated rings. The van der Waals surface area contributed by atoms with Gasteiger partial charge in [0.1, 0.15) is 13.2 Å². The number of hydrogen-bond donors (Lipinski definition) is 0. The van der Waals surface area contributed by atoms with Crippen molar-refractivity contribution >= 4 is 17.9 Å². The average Bonchev–Trinajstić information content (AvgIpc) is 3.27. The second-order valence-electron chi connectivity index (χ2n) is 19.7. The van der Waals surface area contributed by atoms with Crippen LogP contribution < -0.4 is 0 Å². The van der Waals surface area contributed by atoms with Gasteiger partial charge in [-0.1, -0.05) is 272 Å². The third-order valence-corrected chi connectivity index (χ3v) is 13.4. The first-order valence-corrected chi connectivity index (χ1v) is 27.8. The van der Waals surface area contributed by atoms with E-state index >= 15 is 0 Å². The average molecular weight is 877 g/mol. The van der Waals surface area contributed by atoms with Gasteiger partial charge < -0.3 is 14.2 Å². The molecule has 0 heterocycles. The minimum Gasteiger partial charge on any atom is -0.462 e. The van der Waals surface area contributed by atoms with Gasteiger partial charge in [0.15, 0.2) is 6.10 Å². The summed E-state index contributed by atoms with van der Waals surface area (Å²) in [5.41, 5.74) is 0. The maximum atomic E-state index is 12.8. The summed E-state index contributed by atoms with van der Waals surface area (Å²) >= 11 is 0. The zero-order valence-corrected chi connectivity index (χ0v) is 42.5. The van der Waals surface area contributed by atoms with E-state index in [9.17, 15) is 14.4 Å². The highest BCUT2D eigenvalue weighted by molar-refractivity contribution is 5.71. The van der Waals surface area contributed by atoms with E-state index in [0.29, 0.717) is 19.3 Å². The molecule has 0 N–H and O–H groups in total. The highest BCUT2D eigenvalue weighted by Gasteiger charge is 2.19. The maximum absolute atomic E-state index is 12.8. The van der Waals surface area contributed by atoms with Crippen LogP contribution in [0, 0.1) is 11.8 Å². The number of unbranched alkanes of at least 4 members (excludes halogenated alkanes) is 33. The summed E-state index contributed by atoms with van der Waals surface area (Å²) in [4.78, 5) is 38.0. The van der Waals surface area contributed by atoms with Crippen LogP contribution in [0.1, 0.15) is 311 Å². The van der Waals surface area contributed by atoms with E-state index in [4.69, 9.17) is 14.2 Å². The van der Waals surface area contributed by atoms with Crippen LogP contribution in [0.25, 0.3) is 0 Å². The van der Waals surface area contributed by atoms with Crippen LogP contribution in [0.5, 0.6) is 0 Å². The van der Waals surface area contributed by atoms with Crippen molar-refractivity contribution in [3.63, 3.8) is 0 Å². The number of carbonyl (C=O) groups is 3. The predicted octanol–water partition coefficient (Wildman–Crippen LogP) is 18.1. The Morgan fingerprint density at radius 3 is 0.839 bits per heavy atom. The number of ether oxygens (including phenoxy) is 3. The van der Waals surface area contributed by atoms with E-state index < -0.39 is 6.10 Å². The zero-order chi connectivity index (χ0) is 45.4. The predicted molar refractivity (Wildman–Crippen MR) is 266 cm³/mol. The fourth-order valence-corrected chi connectivity index (χ4v) is 8.46. The van der Waals surface area contributed by atoms with Gasteiger partial charge in [0, 0.05) is 19.3 Å². The van der Waals surface area contributed by atoms with Gasteiger partial charge in [-0.25, -0.2) is 0 Å². The Hall–Kier alpha value is -1.59. The Labute approximate surface area is 387 Å². The van der Waals surface area contributed by atoms with Crippen molar-refractivity contribution in [3.05, 3.63) is 0 Å². The quantitative estimate of drug-likeness (QED) is 0.0344. The molecule has 0 spiro atoms. The van der Waals surface area contributed by atoms with Crippen molar-refractivity contribution in [1.82, 2.24) is 0 Å². The molecular formula is C56H108O6. The molecule has 2 unspecified atom stereocenters. The molecule has 62 heavy (non-hydrogen) atoms. The lowest BCUT2D eigenvalue weighted by Gasteiger charge is -2.18. The fraction of sp³-hybridized carbons (Fsp3) is 0.946. The molecule has 0 aliphatic rings. The summed E-state index contributed by atoms with van der Waals surface area (Å²) in [5.74, 6) is 0.859. The van der Waals surface area contributed by atoms with Gasteiger partial charge in [-0.15, -0.1) is 0 Å². The maximum Gasteiger partial charge on any atom is 0.306 e. The van der Waals surface area contributed by atoms with Crippen LogP contribution in [-0.4, -0.2) is 37.2 Å². The van der Waals surface area contributed by atoms with E-state index in [1.54, 1.807) is 0 Å². The molecule has 0 saturated carbocycles. The highest BCUT2D eigenvalue weighted by atomic mass is 16.6. The molecule has 0 aromatic heterocycles. The summed E-state index contributed by atoms with van der Waals surface area (Å²) in [7, 11) is 0. The van der Waals surface area contributed by atoms with Crippen molar-refractivity contribution in [3.8, 4) is 0 Å². The Morgan fingerprint density at radius 1 is 0.323 bits per heavy atom. The normalized spacial score (nSPS) is 12.9. The third kappa shape index (κ3) is 46.4. The van der Waals surface area contributed by atoms with Crippen LogP contribution in [0.15, 0.2) is 0 Å². The van der Waals surface area contributed by atoms with Crippen LogP contribution in [-0.2, 0) is 28.6 Å². The Morgan fingerprint density at radius 2 is 0.565 bits per heavy atom. The van der Waals surface area contributed by atoms with Crippen LogP contribution in [0.2, 0.25) is 0 Å². The molecular weight excluding hydrogens is 769 g/mol. The first-order valence-electron chi connectivity index (χ1n) is 27.8. The largest absolute Gasteiger partial charge is 0.462 e. The standard InChI is InChI=1S/C56H108O6/c1-6-9-10-11-12-13-14-15-16-17-21-24-27-30-36-41-46-54(57)60-49-53(62-56(59)48-43-38-33-32-35-40-45-52(5)8-3)50-61-55(58)47-42-37-31-28-25-22-19-18-20-23-26-29-34-39-44-51(4)7-2/h51-53H,6-50H2,1-5H3/t51?,52?,53-/m1/s1. The molecule has 0 saturated heterocycles. The first kappa shape index (κ1) is 60.4. The van der Waals surface area contributed by atoms with Crippen LogP contribution in [0.3, 0.4) is 0 Å². The minimum atomic E-state index is -0.763. The van der Waals surface area contributed by atoms with E-state index in [0.717, 1.165) is 69.6 Å². The van der Waals surface area contributed by atoms with Gasteiger partial charge in [-0.05, 0) is 31.1 Å². The Kier molecular flexibility index (Phi) is 47.6. The van der Waals surface area contributed by atoms with Crippen molar-refractivity contribution < 1.29 is 28.6 Å². The van der Waals surface area contributed by atoms with Gasteiger partial charge in [0.2, 0.25) is 0 Å². The monoisotopic (exact) mass is 877 g/mol.